The van der Waals surface area contributed by atoms with Crippen molar-refractivity contribution in [3.63, 3.8) is 0 Å². The van der Waals surface area contributed by atoms with Crippen LogP contribution in [0.25, 0.3) is 0 Å². The Morgan fingerprint density at radius 2 is 2.00 bits per heavy atom. The van der Waals surface area contributed by atoms with Gasteiger partial charge in [-0.2, -0.15) is 0 Å². The number of alkyl carbamates (subject to hydrolysis) is 1. The Kier molecular flexibility index (Phi) is 5.25. The maximum atomic E-state index is 12.7. The van der Waals surface area contributed by atoms with Crippen LogP contribution in [0, 0.1) is 5.92 Å². The summed E-state index contributed by atoms with van der Waals surface area (Å²) in [6.07, 6.45) is -0.212. The van der Waals surface area contributed by atoms with Gasteiger partial charge in [0.2, 0.25) is 6.10 Å². The fourth-order valence-electron chi connectivity index (χ4n) is 3.09. The summed E-state index contributed by atoms with van der Waals surface area (Å²) in [6, 6.07) is 7.34. The predicted molar refractivity (Wildman–Crippen MR) is 95.3 cm³/mol. The van der Waals surface area contributed by atoms with E-state index in [0.29, 0.717) is 31.1 Å². The molecule has 7 heteroatoms. The number of carbonyl (C=O) groups is 2. The van der Waals surface area contributed by atoms with E-state index in [-0.39, 0.29) is 18.4 Å². The van der Waals surface area contributed by atoms with Gasteiger partial charge in [0.05, 0.1) is 0 Å². The van der Waals surface area contributed by atoms with Crippen LogP contribution in [-0.4, -0.2) is 54.8 Å². The van der Waals surface area contributed by atoms with Crippen molar-refractivity contribution in [2.75, 3.05) is 26.2 Å². The number of benzene rings is 1. The van der Waals surface area contributed by atoms with Gasteiger partial charge in [0.1, 0.15) is 12.2 Å². The molecule has 7 nitrogen and oxygen atoms in total. The summed E-state index contributed by atoms with van der Waals surface area (Å²) in [5, 5.41) is 2.78. The van der Waals surface area contributed by atoms with Gasteiger partial charge in [-0.3, -0.25) is 4.79 Å². The minimum absolute atomic E-state index is 0.0701. The van der Waals surface area contributed by atoms with Crippen molar-refractivity contribution in [3.8, 4) is 11.5 Å². The van der Waals surface area contributed by atoms with E-state index in [1.54, 1.807) is 11.0 Å². The number of ether oxygens (including phenoxy) is 3. The monoisotopic (exact) mass is 362 g/mol. The van der Waals surface area contributed by atoms with Gasteiger partial charge in [-0.15, -0.1) is 0 Å². The first-order valence-corrected chi connectivity index (χ1v) is 8.96. The lowest BCUT2D eigenvalue weighted by molar-refractivity contribution is -0.140. The zero-order chi connectivity index (χ0) is 18.7. The second kappa shape index (κ2) is 7.43. The normalized spacial score (nSPS) is 22.0. The molecule has 1 aromatic carbocycles. The van der Waals surface area contributed by atoms with Crippen molar-refractivity contribution in [1.82, 2.24) is 10.2 Å². The van der Waals surface area contributed by atoms with E-state index >= 15 is 0 Å². The zero-order valence-electron chi connectivity index (χ0n) is 15.5. The molecule has 0 bridgehead atoms. The molecule has 3 rings (SSSR count). The summed E-state index contributed by atoms with van der Waals surface area (Å²) >= 11 is 0. The number of amides is 2. The third-order valence-corrected chi connectivity index (χ3v) is 4.32. The summed E-state index contributed by atoms with van der Waals surface area (Å²) in [5.74, 6) is 1.40. The highest BCUT2D eigenvalue weighted by Gasteiger charge is 2.35. The number of para-hydroxylation sites is 2. The second-order valence-corrected chi connectivity index (χ2v) is 7.69. The first-order chi connectivity index (χ1) is 12.3. The molecule has 0 aromatic heterocycles. The number of hydrogen-bond donors (Lipinski definition) is 1. The Labute approximate surface area is 153 Å². The molecule has 0 spiro atoms. The number of hydrogen-bond acceptors (Lipinski definition) is 5. The van der Waals surface area contributed by atoms with E-state index in [2.05, 4.69) is 5.32 Å². The van der Waals surface area contributed by atoms with Crippen molar-refractivity contribution in [2.24, 2.45) is 5.92 Å². The van der Waals surface area contributed by atoms with Gasteiger partial charge >= 0.3 is 6.09 Å². The molecule has 2 atom stereocenters. The van der Waals surface area contributed by atoms with Gasteiger partial charge in [-0.05, 0) is 45.2 Å². The number of rotatable bonds is 3. The molecule has 26 heavy (non-hydrogen) atoms. The molecule has 0 unspecified atom stereocenters. The Bertz CT molecular complexity index is 670. The topological polar surface area (TPSA) is 77.1 Å². The fourth-order valence-corrected chi connectivity index (χ4v) is 3.09. The first kappa shape index (κ1) is 18.4. The number of fused-ring (bicyclic) bond motifs is 1. The lowest BCUT2D eigenvalue weighted by Gasteiger charge is -2.28. The van der Waals surface area contributed by atoms with Gasteiger partial charge in [-0.1, -0.05) is 12.1 Å². The van der Waals surface area contributed by atoms with Crippen LogP contribution in [0.3, 0.4) is 0 Å². The maximum absolute atomic E-state index is 12.7. The van der Waals surface area contributed by atoms with Crippen LogP contribution < -0.4 is 14.8 Å². The largest absolute Gasteiger partial charge is 0.485 e. The van der Waals surface area contributed by atoms with Crippen LogP contribution in [0.2, 0.25) is 0 Å². The van der Waals surface area contributed by atoms with Crippen LogP contribution >= 0.6 is 0 Å². The van der Waals surface area contributed by atoms with E-state index in [9.17, 15) is 9.59 Å². The minimum Gasteiger partial charge on any atom is -0.485 e. The maximum Gasteiger partial charge on any atom is 0.407 e. The van der Waals surface area contributed by atoms with Gasteiger partial charge in [0.25, 0.3) is 5.91 Å². The minimum atomic E-state index is -0.623. The molecule has 142 valence electrons. The standard InChI is InChI=1S/C19H26N2O5/c1-19(2,3)26-18(23)20-10-13-8-9-21(11-13)17(22)16-12-24-14-6-4-5-7-15(14)25-16/h4-7,13,16H,8-12H2,1-3H3,(H,20,23)/t13-,16-/m1/s1. The molecule has 1 aromatic rings. The highest BCUT2D eigenvalue weighted by Crippen LogP contribution is 2.31. The van der Waals surface area contributed by atoms with Gasteiger partial charge < -0.3 is 24.4 Å². The Morgan fingerprint density at radius 3 is 2.73 bits per heavy atom. The highest BCUT2D eigenvalue weighted by atomic mass is 16.6. The third-order valence-electron chi connectivity index (χ3n) is 4.32. The molecule has 2 heterocycles. The Hall–Kier alpha value is -2.44. The molecule has 2 aliphatic heterocycles. The van der Waals surface area contributed by atoms with Gasteiger partial charge in [0.15, 0.2) is 11.5 Å². The average molecular weight is 362 g/mol. The number of nitrogens with one attached hydrogen (secondary N) is 1. The summed E-state index contributed by atoms with van der Waals surface area (Å²) in [4.78, 5) is 26.2. The molecule has 1 saturated heterocycles. The van der Waals surface area contributed by atoms with Crippen molar-refractivity contribution in [1.29, 1.82) is 0 Å². The molecule has 0 saturated carbocycles. The van der Waals surface area contributed by atoms with Crippen molar-refractivity contribution in [3.05, 3.63) is 24.3 Å². The van der Waals surface area contributed by atoms with E-state index < -0.39 is 17.8 Å². The number of likely N-dealkylation sites (tertiary alicyclic amines) is 1. The highest BCUT2D eigenvalue weighted by molar-refractivity contribution is 5.82. The second-order valence-electron chi connectivity index (χ2n) is 7.69. The molecule has 1 fully saturated rings. The van der Waals surface area contributed by atoms with Gasteiger partial charge in [-0.25, -0.2) is 4.79 Å². The molecule has 0 aliphatic carbocycles. The average Bonchev–Trinajstić information content (AvgIpc) is 3.06. The van der Waals surface area contributed by atoms with E-state index in [4.69, 9.17) is 14.2 Å². The number of carbonyl (C=O) groups excluding carboxylic acids is 2. The summed E-state index contributed by atoms with van der Waals surface area (Å²) < 4.78 is 16.6. The molecule has 2 amide bonds. The van der Waals surface area contributed by atoms with Crippen LogP contribution in [0.5, 0.6) is 11.5 Å². The van der Waals surface area contributed by atoms with Crippen LogP contribution in [0.15, 0.2) is 24.3 Å². The van der Waals surface area contributed by atoms with Crippen LogP contribution in [0.1, 0.15) is 27.2 Å². The molecule has 0 radical (unpaired) electrons. The van der Waals surface area contributed by atoms with E-state index in [1.807, 2.05) is 39.0 Å². The molecule has 1 N–H and O–H groups in total. The quantitative estimate of drug-likeness (QED) is 0.892. The van der Waals surface area contributed by atoms with Crippen molar-refractivity contribution >= 4 is 12.0 Å². The van der Waals surface area contributed by atoms with Crippen molar-refractivity contribution < 1.29 is 23.8 Å². The summed E-state index contributed by atoms with van der Waals surface area (Å²) in [5.41, 5.74) is -0.517. The molecule has 2 aliphatic rings. The summed E-state index contributed by atoms with van der Waals surface area (Å²) in [6.45, 7) is 7.43. The Balaban J connectivity index is 1.47. The number of nitrogens with zero attached hydrogens (tertiary/aromatic N) is 1. The smallest absolute Gasteiger partial charge is 0.407 e. The Morgan fingerprint density at radius 1 is 1.27 bits per heavy atom. The zero-order valence-corrected chi connectivity index (χ0v) is 15.5. The van der Waals surface area contributed by atoms with Crippen LogP contribution in [-0.2, 0) is 9.53 Å². The third kappa shape index (κ3) is 4.59. The lowest BCUT2D eigenvalue weighted by atomic mass is 10.1. The van der Waals surface area contributed by atoms with Gasteiger partial charge in [0, 0.05) is 19.6 Å². The van der Waals surface area contributed by atoms with E-state index in [1.165, 1.54) is 0 Å². The van der Waals surface area contributed by atoms with Crippen LogP contribution in [0.4, 0.5) is 4.79 Å². The van der Waals surface area contributed by atoms with E-state index in [0.717, 1.165) is 6.42 Å². The predicted octanol–water partition coefficient (Wildman–Crippen LogP) is 2.20. The summed E-state index contributed by atoms with van der Waals surface area (Å²) in [7, 11) is 0. The van der Waals surface area contributed by atoms with Crippen molar-refractivity contribution in [2.45, 2.75) is 38.9 Å². The lowest BCUT2D eigenvalue weighted by Crippen LogP contribution is -2.45. The fraction of sp³-hybridized carbons (Fsp3) is 0.579. The first-order valence-electron chi connectivity index (χ1n) is 8.96. The SMILES string of the molecule is CC(C)(C)OC(=O)NC[C@H]1CCN(C(=O)[C@H]2COc3ccccc3O2)C1. The molecular weight excluding hydrogens is 336 g/mol. The molecular formula is C19H26N2O5.